The van der Waals surface area contributed by atoms with Crippen LogP contribution in [0.1, 0.15) is 35.2 Å². The zero-order valence-corrected chi connectivity index (χ0v) is 18.0. The molecule has 2 aromatic carbocycles. The third kappa shape index (κ3) is 5.41. The lowest BCUT2D eigenvalue weighted by Gasteiger charge is -2.16. The average Bonchev–Trinajstić information content (AvgIpc) is 3.17. The number of aromatic nitrogens is 1. The quantitative estimate of drug-likeness (QED) is 0.542. The molecule has 1 N–H and O–H groups in total. The van der Waals surface area contributed by atoms with Crippen molar-refractivity contribution in [2.75, 3.05) is 6.54 Å². The van der Waals surface area contributed by atoms with Gasteiger partial charge in [0.15, 0.2) is 0 Å². The van der Waals surface area contributed by atoms with E-state index in [2.05, 4.69) is 60.1 Å². The van der Waals surface area contributed by atoms with Crippen molar-refractivity contribution in [3.63, 3.8) is 0 Å². The predicted molar refractivity (Wildman–Crippen MR) is 122 cm³/mol. The third-order valence-corrected chi connectivity index (χ3v) is 5.26. The number of aryl methyl sites for hydroxylation is 3. The number of carbonyl (C=O) groups is 1. The summed E-state index contributed by atoms with van der Waals surface area (Å²) in [5, 5.41) is 20.4. The molecule has 0 unspecified atom stereocenters. The molecule has 0 saturated heterocycles. The number of benzene rings is 2. The van der Waals surface area contributed by atoms with Crippen LogP contribution in [0.5, 0.6) is 0 Å². The lowest BCUT2D eigenvalue weighted by atomic mass is 10.0. The Kier molecular flexibility index (Phi) is 7.25. The Bertz CT molecular complexity index is 1140. The van der Waals surface area contributed by atoms with Crippen LogP contribution >= 0.6 is 0 Å². The molecule has 0 aliphatic carbocycles. The van der Waals surface area contributed by atoms with Crippen molar-refractivity contribution in [2.45, 2.75) is 39.5 Å². The van der Waals surface area contributed by atoms with Gasteiger partial charge >= 0.3 is 0 Å². The minimum absolute atomic E-state index is 0.0552. The molecule has 0 aliphatic rings. The summed E-state index contributed by atoms with van der Waals surface area (Å²) in [7, 11) is 0. The average molecular weight is 411 g/mol. The number of nitriles is 2. The van der Waals surface area contributed by atoms with Gasteiger partial charge in [0.05, 0.1) is 30.7 Å². The van der Waals surface area contributed by atoms with Crippen molar-refractivity contribution in [1.82, 2.24) is 9.88 Å². The molecule has 0 aliphatic heterocycles. The second-order valence-electron chi connectivity index (χ2n) is 7.62. The number of carbonyl (C=O) groups excluding carboxylic acids is 1. The summed E-state index contributed by atoms with van der Waals surface area (Å²) >= 11 is 0. The molecule has 1 heterocycles. The van der Waals surface area contributed by atoms with Gasteiger partial charge in [0, 0.05) is 29.9 Å². The van der Waals surface area contributed by atoms with Gasteiger partial charge in [-0.2, -0.15) is 10.5 Å². The van der Waals surface area contributed by atoms with E-state index in [1.807, 2.05) is 30.3 Å². The number of nitrogens with one attached hydrogen (secondary N) is 1. The first-order valence-corrected chi connectivity index (χ1v) is 10.4. The second-order valence-corrected chi connectivity index (χ2v) is 7.62. The fraction of sp³-hybridized carbons (Fsp3) is 0.269. The van der Waals surface area contributed by atoms with Gasteiger partial charge in [0.1, 0.15) is 0 Å². The topological polar surface area (TPSA) is 81.6 Å². The molecule has 31 heavy (non-hydrogen) atoms. The summed E-state index contributed by atoms with van der Waals surface area (Å²) in [5.41, 5.74) is 7.66. The van der Waals surface area contributed by atoms with E-state index in [1.54, 1.807) is 0 Å². The van der Waals surface area contributed by atoms with Gasteiger partial charge in [0.25, 0.3) is 0 Å². The highest BCUT2D eigenvalue weighted by Gasteiger charge is 2.15. The van der Waals surface area contributed by atoms with E-state index in [0.29, 0.717) is 32.2 Å². The monoisotopic (exact) mass is 410 g/mol. The predicted octanol–water partition coefficient (Wildman–Crippen LogP) is 4.79. The van der Waals surface area contributed by atoms with Crippen LogP contribution in [0, 0.1) is 36.5 Å². The van der Waals surface area contributed by atoms with Gasteiger partial charge in [-0.05, 0) is 55.7 Å². The fourth-order valence-corrected chi connectivity index (χ4v) is 3.73. The van der Waals surface area contributed by atoms with Crippen LogP contribution in [0.2, 0.25) is 0 Å². The first-order chi connectivity index (χ1) is 15.0. The molecule has 0 bridgehead atoms. The Morgan fingerprint density at radius 2 is 1.77 bits per heavy atom. The summed E-state index contributed by atoms with van der Waals surface area (Å²) in [6, 6.07) is 22.8. The number of hydrogen-bond donors (Lipinski definition) is 1. The summed E-state index contributed by atoms with van der Waals surface area (Å²) in [6.07, 6.45) is 1.64. The van der Waals surface area contributed by atoms with E-state index < -0.39 is 0 Å². The molecule has 0 radical (unpaired) electrons. The smallest absolute Gasteiger partial charge is 0.220 e. The van der Waals surface area contributed by atoms with Crippen LogP contribution < -0.4 is 5.32 Å². The number of nitrogens with zero attached hydrogens (tertiary/aromatic N) is 3. The molecule has 0 spiro atoms. The van der Waals surface area contributed by atoms with Gasteiger partial charge in [-0.1, -0.05) is 35.9 Å². The van der Waals surface area contributed by atoms with Gasteiger partial charge in [0.2, 0.25) is 5.91 Å². The highest BCUT2D eigenvalue weighted by molar-refractivity contribution is 5.76. The van der Waals surface area contributed by atoms with Gasteiger partial charge in [-0.15, -0.1) is 0 Å². The largest absolute Gasteiger partial charge is 0.355 e. The van der Waals surface area contributed by atoms with Gasteiger partial charge in [-0.25, -0.2) is 0 Å². The van der Waals surface area contributed by atoms with Crippen LogP contribution in [-0.4, -0.2) is 17.0 Å². The molecule has 0 atom stereocenters. The van der Waals surface area contributed by atoms with Crippen molar-refractivity contribution in [1.29, 1.82) is 10.5 Å². The summed E-state index contributed by atoms with van der Waals surface area (Å²) in [4.78, 5) is 12.2. The molecule has 5 heteroatoms. The summed E-state index contributed by atoms with van der Waals surface area (Å²) in [5.74, 6) is -0.0552. The van der Waals surface area contributed by atoms with Crippen molar-refractivity contribution < 1.29 is 4.79 Å². The van der Waals surface area contributed by atoms with E-state index >= 15 is 0 Å². The van der Waals surface area contributed by atoms with Gasteiger partial charge < -0.3 is 9.88 Å². The Morgan fingerprint density at radius 1 is 1.00 bits per heavy atom. The van der Waals surface area contributed by atoms with E-state index in [0.717, 1.165) is 28.2 Å². The number of rotatable bonds is 8. The Labute approximate surface area is 183 Å². The molecule has 1 aromatic heterocycles. The zero-order chi connectivity index (χ0) is 22.2. The lowest BCUT2D eigenvalue weighted by molar-refractivity contribution is -0.121. The van der Waals surface area contributed by atoms with Crippen LogP contribution in [0.4, 0.5) is 0 Å². The van der Waals surface area contributed by atoms with Crippen LogP contribution in [0.15, 0.2) is 54.6 Å². The zero-order valence-electron chi connectivity index (χ0n) is 18.0. The minimum Gasteiger partial charge on any atom is -0.355 e. The first kappa shape index (κ1) is 21.9. The van der Waals surface area contributed by atoms with Crippen LogP contribution in [0.25, 0.3) is 16.9 Å². The Hall–Kier alpha value is -3.83. The summed E-state index contributed by atoms with van der Waals surface area (Å²) < 4.78 is 2.19. The van der Waals surface area contributed by atoms with Crippen molar-refractivity contribution in [3.05, 3.63) is 77.0 Å². The summed E-state index contributed by atoms with van der Waals surface area (Å²) in [6.45, 7) is 4.57. The number of hydrogen-bond acceptors (Lipinski definition) is 3. The maximum absolute atomic E-state index is 12.2. The standard InChI is InChI=1S/C26H26N4O/c1-19-4-11-24(20(2)18-19)25-12-9-23(10-13-26(31)29-17-3-15-27)30(25)22-7-5-21(6-8-22)14-16-28/h4-9,11-12,18H,3,10,13-14,17H2,1-2H3,(H,29,31). The molecular weight excluding hydrogens is 384 g/mol. The van der Waals surface area contributed by atoms with Crippen LogP contribution in [-0.2, 0) is 17.6 Å². The fourth-order valence-electron chi connectivity index (χ4n) is 3.73. The van der Waals surface area contributed by atoms with E-state index in [9.17, 15) is 4.79 Å². The molecule has 0 saturated carbocycles. The van der Waals surface area contributed by atoms with E-state index in [1.165, 1.54) is 11.1 Å². The highest BCUT2D eigenvalue weighted by atomic mass is 16.1. The number of amides is 1. The van der Waals surface area contributed by atoms with E-state index in [-0.39, 0.29) is 5.91 Å². The van der Waals surface area contributed by atoms with Crippen molar-refractivity contribution in [2.24, 2.45) is 0 Å². The van der Waals surface area contributed by atoms with Crippen molar-refractivity contribution >= 4 is 5.91 Å². The maximum atomic E-state index is 12.2. The lowest BCUT2D eigenvalue weighted by Crippen LogP contribution is -2.24. The van der Waals surface area contributed by atoms with Gasteiger partial charge in [-0.3, -0.25) is 4.79 Å². The normalized spacial score (nSPS) is 10.3. The minimum atomic E-state index is -0.0552. The first-order valence-electron chi connectivity index (χ1n) is 10.4. The molecule has 5 nitrogen and oxygen atoms in total. The molecule has 156 valence electrons. The van der Waals surface area contributed by atoms with E-state index in [4.69, 9.17) is 10.5 Å². The highest BCUT2D eigenvalue weighted by Crippen LogP contribution is 2.30. The SMILES string of the molecule is Cc1ccc(-c2ccc(CCC(=O)NCCC#N)n2-c2ccc(CC#N)cc2)c(C)c1. The molecular formula is C26H26N4O. The maximum Gasteiger partial charge on any atom is 0.220 e. The molecule has 0 fully saturated rings. The Balaban J connectivity index is 1.95. The molecule has 1 amide bonds. The van der Waals surface area contributed by atoms with Crippen molar-refractivity contribution in [3.8, 4) is 29.1 Å². The van der Waals surface area contributed by atoms with Crippen LogP contribution in [0.3, 0.4) is 0 Å². The Morgan fingerprint density at radius 3 is 2.45 bits per heavy atom. The second kappa shape index (κ2) is 10.3. The molecule has 3 rings (SSSR count). The third-order valence-electron chi connectivity index (χ3n) is 5.26. The molecule has 3 aromatic rings.